The van der Waals surface area contributed by atoms with E-state index in [1.165, 1.54) is 5.56 Å². The molecule has 0 saturated carbocycles. The summed E-state index contributed by atoms with van der Waals surface area (Å²) < 4.78 is 6.75. The van der Waals surface area contributed by atoms with Crippen LogP contribution in [0.3, 0.4) is 0 Å². The number of aryl methyl sites for hydroxylation is 1. The van der Waals surface area contributed by atoms with Gasteiger partial charge in [-0.2, -0.15) is 0 Å². The van der Waals surface area contributed by atoms with Crippen molar-refractivity contribution in [3.63, 3.8) is 0 Å². The molecule has 108 valence electrons. The van der Waals surface area contributed by atoms with Gasteiger partial charge in [-0.25, -0.2) is 4.98 Å². The van der Waals surface area contributed by atoms with Crippen molar-refractivity contribution in [2.24, 2.45) is 0 Å². The normalized spacial score (nSPS) is 12.5. The Labute approximate surface area is 132 Å². The van der Waals surface area contributed by atoms with E-state index in [-0.39, 0.29) is 6.04 Å². The lowest BCUT2D eigenvalue weighted by Crippen LogP contribution is -2.07. The topological polar surface area (TPSA) is 38.1 Å². The summed E-state index contributed by atoms with van der Waals surface area (Å²) in [6.07, 6.45) is 0.810. The van der Waals surface area contributed by atoms with E-state index >= 15 is 0 Å². The zero-order chi connectivity index (χ0) is 14.8. The summed E-state index contributed by atoms with van der Waals surface area (Å²) in [6.45, 7) is 4.18. The number of anilines is 1. The molecule has 0 saturated heterocycles. The van der Waals surface area contributed by atoms with Crippen LogP contribution in [0, 0.1) is 0 Å². The second kappa shape index (κ2) is 5.90. The summed E-state index contributed by atoms with van der Waals surface area (Å²) in [5.74, 6) is 0.779. The fourth-order valence-corrected chi connectivity index (χ4v) is 3.00. The van der Waals surface area contributed by atoms with Crippen LogP contribution >= 0.6 is 15.9 Å². The third kappa shape index (κ3) is 2.95. The lowest BCUT2D eigenvalue weighted by Gasteiger charge is -2.17. The van der Waals surface area contributed by atoms with Gasteiger partial charge in [0.1, 0.15) is 5.52 Å². The number of oxazole rings is 1. The molecule has 3 aromatic rings. The first-order chi connectivity index (χ1) is 10.2. The van der Waals surface area contributed by atoms with E-state index in [9.17, 15) is 0 Å². The Balaban J connectivity index is 1.86. The number of nitrogens with one attached hydrogen (secondary N) is 1. The van der Waals surface area contributed by atoms with E-state index in [4.69, 9.17) is 4.42 Å². The van der Waals surface area contributed by atoms with Gasteiger partial charge in [0.2, 0.25) is 0 Å². The summed E-state index contributed by atoms with van der Waals surface area (Å²) >= 11 is 3.60. The van der Waals surface area contributed by atoms with Gasteiger partial charge in [0, 0.05) is 22.6 Å². The summed E-state index contributed by atoms with van der Waals surface area (Å²) in [4.78, 5) is 4.47. The zero-order valence-electron chi connectivity index (χ0n) is 12.1. The lowest BCUT2D eigenvalue weighted by molar-refractivity contribution is 0.538. The predicted molar refractivity (Wildman–Crippen MR) is 89.6 cm³/mol. The van der Waals surface area contributed by atoms with Crippen molar-refractivity contribution >= 4 is 32.7 Å². The molecule has 1 aromatic heterocycles. The van der Waals surface area contributed by atoms with E-state index in [1.807, 2.05) is 37.3 Å². The number of hydrogen-bond donors (Lipinski definition) is 1. The third-order valence-corrected chi connectivity index (χ3v) is 4.21. The van der Waals surface area contributed by atoms with Gasteiger partial charge in [0.25, 0.3) is 0 Å². The molecular formula is C17H17BrN2O. The zero-order valence-corrected chi connectivity index (χ0v) is 13.6. The standard InChI is InChI=1S/C17H17BrN2O/c1-3-17-20-15-10-12(8-9-16(15)21-17)19-11(2)13-6-4-5-7-14(13)18/h4-11,19H,3H2,1-2H3. The molecule has 0 bridgehead atoms. The summed E-state index contributed by atoms with van der Waals surface area (Å²) in [5.41, 5.74) is 4.01. The van der Waals surface area contributed by atoms with Crippen LogP contribution in [0.25, 0.3) is 11.1 Å². The molecule has 1 N–H and O–H groups in total. The Kier molecular flexibility index (Phi) is 3.97. The fraction of sp³-hybridized carbons (Fsp3) is 0.235. The highest BCUT2D eigenvalue weighted by Crippen LogP contribution is 2.27. The Morgan fingerprint density at radius 1 is 1.24 bits per heavy atom. The molecule has 0 aliphatic heterocycles. The van der Waals surface area contributed by atoms with Gasteiger partial charge in [-0.15, -0.1) is 0 Å². The van der Waals surface area contributed by atoms with Crippen LogP contribution in [0.2, 0.25) is 0 Å². The largest absolute Gasteiger partial charge is 0.441 e. The first-order valence-electron chi connectivity index (χ1n) is 7.08. The molecule has 3 nitrogen and oxygen atoms in total. The van der Waals surface area contributed by atoms with Crippen LogP contribution in [0.15, 0.2) is 51.4 Å². The minimum atomic E-state index is 0.204. The van der Waals surface area contributed by atoms with Crippen molar-refractivity contribution in [2.75, 3.05) is 5.32 Å². The number of aromatic nitrogens is 1. The molecule has 0 radical (unpaired) electrons. The molecular weight excluding hydrogens is 328 g/mol. The monoisotopic (exact) mass is 344 g/mol. The van der Waals surface area contributed by atoms with Crippen LogP contribution in [0.4, 0.5) is 5.69 Å². The van der Waals surface area contributed by atoms with Gasteiger partial charge in [0.15, 0.2) is 11.5 Å². The fourth-order valence-electron chi connectivity index (χ4n) is 2.37. The van der Waals surface area contributed by atoms with Crippen LogP contribution in [0.5, 0.6) is 0 Å². The van der Waals surface area contributed by atoms with Gasteiger partial charge in [-0.1, -0.05) is 41.1 Å². The average molecular weight is 345 g/mol. The van der Waals surface area contributed by atoms with Crippen LogP contribution in [-0.2, 0) is 6.42 Å². The van der Waals surface area contributed by atoms with E-state index in [0.29, 0.717) is 0 Å². The predicted octanol–water partition coefficient (Wildman–Crippen LogP) is 5.33. The van der Waals surface area contributed by atoms with Gasteiger partial charge >= 0.3 is 0 Å². The maximum atomic E-state index is 5.63. The van der Waals surface area contributed by atoms with Crippen molar-refractivity contribution in [1.29, 1.82) is 0 Å². The molecule has 2 aromatic carbocycles. The first-order valence-corrected chi connectivity index (χ1v) is 7.87. The molecule has 1 heterocycles. The molecule has 1 atom stereocenters. The number of hydrogen-bond acceptors (Lipinski definition) is 3. The van der Waals surface area contributed by atoms with Gasteiger partial charge in [-0.05, 0) is 36.8 Å². The number of fused-ring (bicyclic) bond motifs is 1. The molecule has 4 heteroatoms. The Morgan fingerprint density at radius 3 is 2.81 bits per heavy atom. The highest BCUT2D eigenvalue weighted by atomic mass is 79.9. The third-order valence-electron chi connectivity index (χ3n) is 3.49. The van der Waals surface area contributed by atoms with E-state index in [1.54, 1.807) is 0 Å². The van der Waals surface area contributed by atoms with Crippen LogP contribution < -0.4 is 5.32 Å². The summed E-state index contributed by atoms with van der Waals surface area (Å²) in [7, 11) is 0. The maximum absolute atomic E-state index is 5.63. The Morgan fingerprint density at radius 2 is 2.05 bits per heavy atom. The van der Waals surface area contributed by atoms with Crippen molar-refractivity contribution in [1.82, 2.24) is 4.98 Å². The Hall–Kier alpha value is -1.81. The van der Waals surface area contributed by atoms with Crippen LogP contribution in [-0.4, -0.2) is 4.98 Å². The van der Waals surface area contributed by atoms with Gasteiger partial charge < -0.3 is 9.73 Å². The summed E-state index contributed by atoms with van der Waals surface area (Å²) in [5, 5.41) is 3.51. The quantitative estimate of drug-likeness (QED) is 0.695. The molecule has 0 aliphatic rings. The maximum Gasteiger partial charge on any atom is 0.195 e. The Bertz CT molecular complexity index is 766. The summed E-state index contributed by atoms with van der Waals surface area (Å²) in [6, 6.07) is 14.5. The first kappa shape index (κ1) is 14.1. The molecule has 0 aliphatic carbocycles. The molecule has 1 unspecified atom stereocenters. The van der Waals surface area contributed by atoms with Crippen molar-refractivity contribution in [2.45, 2.75) is 26.3 Å². The van der Waals surface area contributed by atoms with E-state index in [0.717, 1.165) is 33.6 Å². The molecule has 0 spiro atoms. The number of nitrogens with zero attached hydrogens (tertiary/aromatic N) is 1. The average Bonchev–Trinajstić information content (AvgIpc) is 2.90. The van der Waals surface area contributed by atoms with E-state index in [2.05, 4.69) is 45.3 Å². The number of rotatable bonds is 4. The van der Waals surface area contributed by atoms with Crippen LogP contribution in [0.1, 0.15) is 31.3 Å². The highest BCUT2D eigenvalue weighted by Gasteiger charge is 2.10. The van der Waals surface area contributed by atoms with E-state index < -0.39 is 0 Å². The minimum absolute atomic E-state index is 0.204. The minimum Gasteiger partial charge on any atom is -0.441 e. The van der Waals surface area contributed by atoms with Crippen molar-refractivity contribution < 1.29 is 4.42 Å². The smallest absolute Gasteiger partial charge is 0.195 e. The van der Waals surface area contributed by atoms with Gasteiger partial charge in [0.05, 0.1) is 0 Å². The van der Waals surface area contributed by atoms with Crippen molar-refractivity contribution in [3.05, 3.63) is 58.4 Å². The number of halogens is 1. The molecule has 0 fully saturated rings. The second-order valence-corrected chi connectivity index (χ2v) is 5.89. The van der Waals surface area contributed by atoms with Gasteiger partial charge in [-0.3, -0.25) is 0 Å². The molecule has 3 rings (SSSR count). The SMILES string of the molecule is CCc1nc2cc(NC(C)c3ccccc3Br)ccc2o1. The number of benzene rings is 2. The molecule has 21 heavy (non-hydrogen) atoms. The lowest BCUT2D eigenvalue weighted by atomic mass is 10.1. The highest BCUT2D eigenvalue weighted by molar-refractivity contribution is 9.10. The second-order valence-electron chi connectivity index (χ2n) is 5.03. The van der Waals surface area contributed by atoms with Crippen molar-refractivity contribution in [3.8, 4) is 0 Å². The molecule has 0 amide bonds.